The van der Waals surface area contributed by atoms with Gasteiger partial charge in [0.1, 0.15) is 5.69 Å². The van der Waals surface area contributed by atoms with Crippen LogP contribution in [0.15, 0.2) is 48.9 Å². The maximum Gasteiger partial charge on any atom is 0.268 e. The highest BCUT2D eigenvalue weighted by molar-refractivity contribution is 5.96. The number of nitrogens with zero attached hydrogens (tertiary/aromatic N) is 2. The lowest BCUT2D eigenvalue weighted by Gasteiger charge is -2.03. The molecule has 0 aliphatic carbocycles. The van der Waals surface area contributed by atoms with Crippen molar-refractivity contribution in [1.29, 1.82) is 0 Å². The Morgan fingerprint density at radius 1 is 1.21 bits per heavy atom. The zero-order chi connectivity index (χ0) is 13.1. The monoisotopic (exact) mass is 252 g/mol. The van der Waals surface area contributed by atoms with Gasteiger partial charge >= 0.3 is 0 Å². The average Bonchev–Trinajstić information content (AvgIpc) is 2.90. The van der Waals surface area contributed by atoms with E-state index in [2.05, 4.69) is 20.3 Å². The van der Waals surface area contributed by atoms with Crippen LogP contribution >= 0.6 is 0 Å². The Labute approximate surface area is 109 Å². The molecular formula is C14H12N4O. The molecule has 3 heterocycles. The van der Waals surface area contributed by atoms with Crippen LogP contribution in [0.3, 0.4) is 0 Å². The largest absolute Gasteiger partial charge is 0.349 e. The molecule has 0 aliphatic rings. The second-order valence-electron chi connectivity index (χ2n) is 4.16. The summed E-state index contributed by atoms with van der Waals surface area (Å²) in [6.07, 6.45) is 5.11. The molecule has 0 saturated carbocycles. The number of nitrogens with one attached hydrogen (secondary N) is 2. The van der Waals surface area contributed by atoms with Crippen molar-refractivity contribution in [2.45, 2.75) is 6.54 Å². The van der Waals surface area contributed by atoms with E-state index >= 15 is 0 Å². The molecule has 0 unspecified atom stereocenters. The number of carbonyl (C=O) groups excluding carboxylic acids is 1. The zero-order valence-electron chi connectivity index (χ0n) is 10.1. The molecule has 0 bridgehead atoms. The average molecular weight is 252 g/mol. The third-order valence-electron chi connectivity index (χ3n) is 2.84. The van der Waals surface area contributed by atoms with E-state index < -0.39 is 0 Å². The molecule has 0 spiro atoms. The smallest absolute Gasteiger partial charge is 0.268 e. The molecule has 0 aliphatic heterocycles. The molecule has 0 atom stereocenters. The third-order valence-corrected chi connectivity index (χ3v) is 2.84. The van der Waals surface area contributed by atoms with E-state index in [1.807, 2.05) is 24.3 Å². The van der Waals surface area contributed by atoms with Gasteiger partial charge in [0.2, 0.25) is 0 Å². The van der Waals surface area contributed by atoms with Gasteiger partial charge in [0.25, 0.3) is 5.91 Å². The van der Waals surface area contributed by atoms with E-state index in [4.69, 9.17) is 0 Å². The lowest BCUT2D eigenvalue weighted by molar-refractivity contribution is 0.0946. The second-order valence-corrected chi connectivity index (χ2v) is 4.16. The van der Waals surface area contributed by atoms with E-state index in [1.54, 1.807) is 24.7 Å². The molecule has 5 heteroatoms. The number of carbonyl (C=O) groups is 1. The number of pyridine rings is 2. The summed E-state index contributed by atoms with van der Waals surface area (Å²) < 4.78 is 0. The van der Waals surface area contributed by atoms with Crippen molar-refractivity contribution in [1.82, 2.24) is 20.3 Å². The Morgan fingerprint density at radius 3 is 2.84 bits per heavy atom. The molecule has 2 N–H and O–H groups in total. The number of hydrogen-bond acceptors (Lipinski definition) is 3. The number of aromatic nitrogens is 3. The Kier molecular flexibility index (Phi) is 2.94. The number of aromatic amines is 1. The van der Waals surface area contributed by atoms with E-state index in [-0.39, 0.29) is 5.91 Å². The topological polar surface area (TPSA) is 70.7 Å². The third kappa shape index (κ3) is 2.44. The Balaban J connectivity index is 1.73. The van der Waals surface area contributed by atoms with Gasteiger partial charge in [-0.15, -0.1) is 0 Å². The zero-order valence-corrected chi connectivity index (χ0v) is 10.1. The number of fused-ring (bicyclic) bond motifs is 1. The summed E-state index contributed by atoms with van der Waals surface area (Å²) in [5, 5.41) is 2.85. The van der Waals surface area contributed by atoms with Crippen molar-refractivity contribution in [2.24, 2.45) is 0 Å². The quantitative estimate of drug-likeness (QED) is 0.747. The highest BCUT2D eigenvalue weighted by Crippen LogP contribution is 2.11. The highest BCUT2D eigenvalue weighted by Gasteiger charge is 2.09. The summed E-state index contributed by atoms with van der Waals surface area (Å²) in [7, 11) is 0. The normalized spacial score (nSPS) is 10.5. The minimum atomic E-state index is -0.144. The summed E-state index contributed by atoms with van der Waals surface area (Å²) in [5.74, 6) is -0.144. The molecule has 0 radical (unpaired) electrons. The van der Waals surface area contributed by atoms with Gasteiger partial charge in [0.15, 0.2) is 0 Å². The first kappa shape index (κ1) is 11.4. The number of hydrogen-bond donors (Lipinski definition) is 2. The van der Waals surface area contributed by atoms with Crippen LogP contribution in [-0.4, -0.2) is 20.9 Å². The van der Waals surface area contributed by atoms with Gasteiger partial charge in [-0.1, -0.05) is 0 Å². The van der Waals surface area contributed by atoms with Crippen LogP contribution in [0, 0.1) is 0 Å². The van der Waals surface area contributed by atoms with E-state index in [0.717, 1.165) is 16.6 Å². The van der Waals surface area contributed by atoms with Gasteiger partial charge in [-0.3, -0.25) is 14.8 Å². The molecule has 3 aromatic heterocycles. The summed E-state index contributed by atoms with van der Waals surface area (Å²) in [4.78, 5) is 23.2. The highest BCUT2D eigenvalue weighted by atomic mass is 16.1. The van der Waals surface area contributed by atoms with Crippen molar-refractivity contribution >= 4 is 16.9 Å². The lowest BCUT2D eigenvalue weighted by atomic mass is 10.2. The van der Waals surface area contributed by atoms with Crippen LogP contribution in [0.1, 0.15) is 16.1 Å². The van der Waals surface area contributed by atoms with Gasteiger partial charge in [-0.05, 0) is 35.9 Å². The number of H-pyrrole nitrogens is 1. The molecule has 0 fully saturated rings. The summed E-state index contributed by atoms with van der Waals surface area (Å²) >= 11 is 0. The van der Waals surface area contributed by atoms with E-state index in [9.17, 15) is 4.79 Å². The van der Waals surface area contributed by atoms with Crippen molar-refractivity contribution in [2.75, 3.05) is 0 Å². The predicted molar refractivity (Wildman–Crippen MR) is 71.5 cm³/mol. The van der Waals surface area contributed by atoms with Gasteiger partial charge in [0.05, 0.1) is 11.0 Å². The molecule has 1 amide bonds. The molecule has 0 saturated heterocycles. The Bertz CT molecular complexity index is 673. The molecular weight excluding hydrogens is 240 g/mol. The van der Waals surface area contributed by atoms with Crippen molar-refractivity contribution in [3.05, 3.63) is 60.2 Å². The van der Waals surface area contributed by atoms with Gasteiger partial charge in [-0.2, -0.15) is 0 Å². The fraction of sp³-hybridized carbons (Fsp3) is 0.0714. The maximum atomic E-state index is 12.0. The molecule has 0 aromatic carbocycles. The van der Waals surface area contributed by atoms with Crippen LogP contribution in [0.4, 0.5) is 0 Å². The maximum absolute atomic E-state index is 12.0. The molecule has 19 heavy (non-hydrogen) atoms. The summed E-state index contributed by atoms with van der Waals surface area (Å²) in [5.41, 5.74) is 3.17. The van der Waals surface area contributed by atoms with Crippen LogP contribution in [0.25, 0.3) is 11.0 Å². The van der Waals surface area contributed by atoms with Crippen molar-refractivity contribution in [3.63, 3.8) is 0 Å². The SMILES string of the molecule is O=C(NCc1ccncc1)c1cc2ncccc2[nH]1. The van der Waals surface area contributed by atoms with Crippen LogP contribution in [0.5, 0.6) is 0 Å². The minimum absolute atomic E-state index is 0.144. The van der Waals surface area contributed by atoms with E-state index in [1.165, 1.54) is 0 Å². The van der Waals surface area contributed by atoms with Gasteiger partial charge in [0, 0.05) is 25.1 Å². The van der Waals surface area contributed by atoms with Gasteiger partial charge in [-0.25, -0.2) is 0 Å². The fourth-order valence-corrected chi connectivity index (χ4v) is 1.86. The molecule has 3 aromatic rings. The Hall–Kier alpha value is -2.69. The van der Waals surface area contributed by atoms with E-state index in [0.29, 0.717) is 12.2 Å². The number of rotatable bonds is 3. The lowest BCUT2D eigenvalue weighted by Crippen LogP contribution is -2.23. The molecule has 3 rings (SSSR count). The van der Waals surface area contributed by atoms with Crippen LogP contribution in [-0.2, 0) is 6.54 Å². The first-order chi connectivity index (χ1) is 9.33. The fourth-order valence-electron chi connectivity index (χ4n) is 1.86. The first-order valence-electron chi connectivity index (χ1n) is 5.94. The van der Waals surface area contributed by atoms with Gasteiger partial charge < -0.3 is 10.3 Å². The standard InChI is InChI=1S/C14H12N4O/c19-14(17-9-10-3-6-15-7-4-10)13-8-12-11(18-13)2-1-5-16-12/h1-8,18H,9H2,(H,17,19). The molecule has 5 nitrogen and oxygen atoms in total. The summed E-state index contributed by atoms with van der Waals surface area (Å²) in [6, 6.07) is 9.21. The number of amides is 1. The Morgan fingerprint density at radius 2 is 2.05 bits per heavy atom. The first-order valence-corrected chi connectivity index (χ1v) is 5.94. The van der Waals surface area contributed by atoms with Crippen molar-refractivity contribution < 1.29 is 4.79 Å². The molecule has 94 valence electrons. The van der Waals surface area contributed by atoms with Crippen LogP contribution < -0.4 is 5.32 Å². The van der Waals surface area contributed by atoms with Crippen molar-refractivity contribution in [3.8, 4) is 0 Å². The van der Waals surface area contributed by atoms with Crippen LogP contribution in [0.2, 0.25) is 0 Å². The summed E-state index contributed by atoms with van der Waals surface area (Å²) in [6.45, 7) is 0.476. The minimum Gasteiger partial charge on any atom is -0.349 e. The predicted octanol–water partition coefficient (Wildman–Crippen LogP) is 1.89. The second kappa shape index (κ2) is 4.89.